The van der Waals surface area contributed by atoms with Crippen molar-refractivity contribution in [3.63, 3.8) is 0 Å². The zero-order chi connectivity index (χ0) is 13.8. The van der Waals surface area contributed by atoms with Gasteiger partial charge >= 0.3 is 5.69 Å². The summed E-state index contributed by atoms with van der Waals surface area (Å²) >= 11 is 0. The third kappa shape index (κ3) is 3.13. The van der Waals surface area contributed by atoms with E-state index in [1.165, 1.54) is 18.9 Å². The van der Waals surface area contributed by atoms with E-state index in [4.69, 9.17) is 0 Å². The van der Waals surface area contributed by atoms with E-state index >= 15 is 0 Å². The van der Waals surface area contributed by atoms with Gasteiger partial charge in [0.2, 0.25) is 5.82 Å². The van der Waals surface area contributed by atoms with Gasteiger partial charge < -0.3 is 10.6 Å². The molecule has 0 bridgehead atoms. The highest BCUT2D eigenvalue weighted by Gasteiger charge is 2.25. The lowest BCUT2D eigenvalue weighted by Gasteiger charge is -2.29. The monoisotopic (exact) mass is 264 g/mol. The Balaban J connectivity index is 2.23. The third-order valence-electron chi connectivity index (χ3n) is 3.76. The van der Waals surface area contributed by atoms with Crippen molar-refractivity contribution in [2.24, 2.45) is 5.92 Å². The van der Waals surface area contributed by atoms with Crippen LogP contribution in [0.4, 0.5) is 17.3 Å². The lowest BCUT2D eigenvalue weighted by atomic mass is 9.86. The highest BCUT2D eigenvalue weighted by atomic mass is 16.6. The smallest absolute Gasteiger partial charge is 0.311 e. The number of nitrogens with zero attached hydrogens (tertiary/aromatic N) is 2. The van der Waals surface area contributed by atoms with Crippen LogP contribution in [0.5, 0.6) is 0 Å². The van der Waals surface area contributed by atoms with Crippen molar-refractivity contribution in [2.45, 2.75) is 38.6 Å². The predicted octanol–water partition coefficient (Wildman–Crippen LogP) is 3.02. The number of nitrogens with one attached hydrogen (secondary N) is 2. The number of nitro groups is 1. The van der Waals surface area contributed by atoms with Gasteiger partial charge in [-0.15, -0.1) is 0 Å². The fourth-order valence-electron chi connectivity index (χ4n) is 2.55. The summed E-state index contributed by atoms with van der Waals surface area (Å²) in [5.41, 5.74) is 0.0387. The van der Waals surface area contributed by atoms with Gasteiger partial charge in [0, 0.05) is 19.2 Å². The molecule has 1 aromatic heterocycles. The fourth-order valence-corrected chi connectivity index (χ4v) is 2.55. The van der Waals surface area contributed by atoms with E-state index < -0.39 is 0 Å². The molecule has 1 fully saturated rings. The molecule has 1 aliphatic rings. The molecule has 0 aliphatic heterocycles. The third-order valence-corrected chi connectivity index (χ3v) is 3.76. The molecule has 6 heteroatoms. The molecule has 19 heavy (non-hydrogen) atoms. The molecule has 2 atom stereocenters. The maximum atomic E-state index is 11.0. The van der Waals surface area contributed by atoms with Gasteiger partial charge in [0.05, 0.1) is 4.92 Å². The van der Waals surface area contributed by atoms with Gasteiger partial charge in [-0.3, -0.25) is 10.1 Å². The quantitative estimate of drug-likeness (QED) is 0.645. The molecule has 6 nitrogen and oxygen atoms in total. The highest BCUT2D eigenvalue weighted by molar-refractivity contribution is 5.60. The van der Waals surface area contributed by atoms with Crippen LogP contribution in [0.1, 0.15) is 32.6 Å². The number of anilines is 2. The molecule has 0 spiro atoms. The summed E-state index contributed by atoms with van der Waals surface area (Å²) in [7, 11) is 1.75. The maximum Gasteiger partial charge on any atom is 0.311 e. The first-order valence-corrected chi connectivity index (χ1v) is 6.71. The Hall–Kier alpha value is -1.85. The van der Waals surface area contributed by atoms with Crippen molar-refractivity contribution in [3.05, 3.63) is 22.2 Å². The Morgan fingerprint density at radius 3 is 2.74 bits per heavy atom. The molecule has 1 aromatic rings. The fraction of sp³-hybridized carbons (Fsp3) is 0.615. The Kier molecular flexibility index (Phi) is 4.19. The van der Waals surface area contributed by atoms with Crippen LogP contribution in [0.3, 0.4) is 0 Å². The number of hydrogen-bond donors (Lipinski definition) is 2. The Bertz CT molecular complexity index is 464. The summed E-state index contributed by atoms with van der Waals surface area (Å²) < 4.78 is 0. The minimum atomic E-state index is -0.387. The standard InChI is InChI=1S/C13H20N4O2/c1-9-5-3-4-6-10(9)15-13-11(17(18)19)7-8-12(14-2)16-13/h7-10H,3-6H2,1-2H3,(H2,14,15,16). The largest absolute Gasteiger partial charge is 0.373 e. The van der Waals surface area contributed by atoms with Gasteiger partial charge in [-0.1, -0.05) is 19.8 Å². The van der Waals surface area contributed by atoms with Crippen LogP contribution in [0.25, 0.3) is 0 Å². The van der Waals surface area contributed by atoms with E-state index in [9.17, 15) is 10.1 Å². The first-order chi connectivity index (χ1) is 9.11. The molecule has 104 valence electrons. The minimum Gasteiger partial charge on any atom is -0.373 e. The van der Waals surface area contributed by atoms with Crippen molar-refractivity contribution in [3.8, 4) is 0 Å². The van der Waals surface area contributed by atoms with Crippen molar-refractivity contribution in [1.82, 2.24) is 4.98 Å². The average Bonchev–Trinajstić information content (AvgIpc) is 2.41. The van der Waals surface area contributed by atoms with Crippen LogP contribution < -0.4 is 10.6 Å². The second-order valence-electron chi connectivity index (χ2n) is 5.08. The topological polar surface area (TPSA) is 80.1 Å². The van der Waals surface area contributed by atoms with Crippen molar-refractivity contribution >= 4 is 17.3 Å². The zero-order valence-electron chi connectivity index (χ0n) is 11.3. The molecule has 0 amide bonds. The van der Waals surface area contributed by atoms with Gasteiger partial charge in [0.15, 0.2) is 0 Å². The van der Waals surface area contributed by atoms with Gasteiger partial charge in [0.25, 0.3) is 0 Å². The maximum absolute atomic E-state index is 11.0. The predicted molar refractivity (Wildman–Crippen MR) is 75.5 cm³/mol. The van der Waals surface area contributed by atoms with Crippen LogP contribution in [0.15, 0.2) is 12.1 Å². The lowest BCUT2D eigenvalue weighted by molar-refractivity contribution is -0.384. The van der Waals surface area contributed by atoms with Crippen LogP contribution >= 0.6 is 0 Å². The molecule has 2 N–H and O–H groups in total. The number of rotatable bonds is 4. The Morgan fingerprint density at radius 2 is 2.11 bits per heavy atom. The molecular weight excluding hydrogens is 244 g/mol. The van der Waals surface area contributed by atoms with Crippen LogP contribution in [-0.4, -0.2) is 23.0 Å². The number of pyridine rings is 1. The van der Waals surface area contributed by atoms with E-state index in [1.807, 2.05) is 0 Å². The summed E-state index contributed by atoms with van der Waals surface area (Å²) in [6.45, 7) is 2.19. The van der Waals surface area contributed by atoms with Crippen molar-refractivity contribution < 1.29 is 4.92 Å². The van der Waals surface area contributed by atoms with Crippen LogP contribution in [-0.2, 0) is 0 Å². The van der Waals surface area contributed by atoms with Gasteiger partial charge in [-0.05, 0) is 24.8 Å². The molecule has 2 unspecified atom stereocenters. The number of aromatic nitrogens is 1. The molecule has 0 saturated heterocycles. The summed E-state index contributed by atoms with van der Waals surface area (Å²) in [4.78, 5) is 14.9. The SMILES string of the molecule is CNc1ccc([N+](=O)[O-])c(NC2CCCCC2C)n1. The highest BCUT2D eigenvalue weighted by Crippen LogP contribution is 2.30. The summed E-state index contributed by atoms with van der Waals surface area (Å²) in [6, 6.07) is 3.38. The van der Waals surface area contributed by atoms with E-state index in [1.54, 1.807) is 13.1 Å². The average molecular weight is 264 g/mol. The second-order valence-corrected chi connectivity index (χ2v) is 5.08. The zero-order valence-corrected chi connectivity index (χ0v) is 11.3. The van der Waals surface area contributed by atoms with Gasteiger partial charge in [0.1, 0.15) is 5.82 Å². The summed E-state index contributed by atoms with van der Waals surface area (Å²) in [5, 5.41) is 17.2. The van der Waals surface area contributed by atoms with Gasteiger partial charge in [-0.2, -0.15) is 0 Å². The normalized spacial score (nSPS) is 22.8. The Labute approximate surface area is 112 Å². The van der Waals surface area contributed by atoms with Gasteiger partial charge in [-0.25, -0.2) is 4.98 Å². The first-order valence-electron chi connectivity index (χ1n) is 6.71. The molecule has 0 aromatic carbocycles. The summed E-state index contributed by atoms with van der Waals surface area (Å²) in [5.74, 6) is 1.53. The van der Waals surface area contributed by atoms with E-state index in [0.29, 0.717) is 17.6 Å². The van der Waals surface area contributed by atoms with E-state index in [0.717, 1.165) is 12.8 Å². The molecule has 2 rings (SSSR count). The molecule has 1 aliphatic carbocycles. The molecular formula is C13H20N4O2. The molecule has 0 radical (unpaired) electrons. The van der Waals surface area contributed by atoms with Crippen molar-refractivity contribution in [1.29, 1.82) is 0 Å². The minimum absolute atomic E-state index is 0.0387. The molecule has 1 heterocycles. The van der Waals surface area contributed by atoms with E-state index in [2.05, 4.69) is 22.5 Å². The summed E-state index contributed by atoms with van der Waals surface area (Å²) in [6.07, 6.45) is 4.62. The Morgan fingerprint density at radius 1 is 1.37 bits per heavy atom. The van der Waals surface area contributed by atoms with Crippen LogP contribution in [0, 0.1) is 16.0 Å². The molecule has 1 saturated carbocycles. The van der Waals surface area contributed by atoms with Crippen LogP contribution in [0.2, 0.25) is 0 Å². The first kappa shape index (κ1) is 13.6. The lowest BCUT2D eigenvalue weighted by Crippen LogP contribution is -2.31. The number of hydrogen-bond acceptors (Lipinski definition) is 5. The van der Waals surface area contributed by atoms with Crippen molar-refractivity contribution in [2.75, 3.05) is 17.7 Å². The second kappa shape index (κ2) is 5.86. The van der Waals surface area contributed by atoms with E-state index in [-0.39, 0.29) is 16.7 Å².